The quantitative estimate of drug-likeness (QED) is 0.407. The Bertz CT molecular complexity index is 1180. The molecule has 0 saturated carbocycles. The maximum Gasteiger partial charge on any atom is 0.347 e. The van der Waals surface area contributed by atoms with Crippen LogP contribution < -0.4 is 0 Å². The van der Waals surface area contributed by atoms with Gasteiger partial charge in [-0.1, -0.05) is 66.5 Å². The molecule has 3 unspecified atom stereocenters. The summed E-state index contributed by atoms with van der Waals surface area (Å²) in [6, 6.07) is 12.7. The number of ketones is 1. The summed E-state index contributed by atoms with van der Waals surface area (Å²) >= 11 is 12.8. The molecule has 2 aromatic rings. The van der Waals surface area contributed by atoms with Crippen LogP contribution in [0.4, 0.5) is 0 Å². The molecule has 0 fully saturated rings. The van der Waals surface area contributed by atoms with Crippen LogP contribution in [0.1, 0.15) is 55.9 Å². The van der Waals surface area contributed by atoms with Gasteiger partial charge in [0.1, 0.15) is 13.2 Å². The minimum Gasteiger partial charge on any atom is -0.458 e. The number of halogens is 2. The minimum atomic E-state index is -1.08. The maximum absolute atomic E-state index is 12.6. The van der Waals surface area contributed by atoms with E-state index in [4.69, 9.17) is 37.4 Å². The number of rotatable bonds is 8. The summed E-state index contributed by atoms with van der Waals surface area (Å²) in [6.45, 7) is 3.19. The minimum absolute atomic E-state index is 0.0222. The predicted molar refractivity (Wildman–Crippen MR) is 132 cm³/mol. The molecule has 4 rings (SSSR count). The zero-order chi connectivity index (χ0) is 25.2. The molecule has 2 aliphatic carbocycles. The Balaban J connectivity index is 1.44. The molecule has 2 aliphatic rings. The first-order valence-electron chi connectivity index (χ1n) is 11.5. The molecule has 0 heterocycles. The van der Waals surface area contributed by atoms with Crippen LogP contribution >= 0.6 is 23.2 Å². The van der Waals surface area contributed by atoms with Crippen LogP contribution in [0, 0.1) is 5.41 Å². The number of fused-ring (bicyclic) bond motifs is 3. The summed E-state index contributed by atoms with van der Waals surface area (Å²) in [4.78, 5) is 37.1. The summed E-state index contributed by atoms with van der Waals surface area (Å²) in [5.74, 6) is -1.31. The predicted octanol–water partition coefficient (Wildman–Crippen LogP) is 5.88. The molecule has 0 saturated heterocycles. The van der Waals surface area contributed by atoms with Crippen molar-refractivity contribution >= 4 is 46.5 Å². The van der Waals surface area contributed by atoms with Gasteiger partial charge in [-0.3, -0.25) is 4.79 Å². The number of allylic oxidation sites excluding steroid dienone is 1. The van der Waals surface area contributed by atoms with E-state index in [1.165, 1.54) is 6.92 Å². The monoisotopic (exact) mass is 516 g/mol. The second kappa shape index (κ2) is 10.5. The Morgan fingerprint density at radius 3 is 2.60 bits per heavy atom. The molecule has 184 valence electrons. The first-order chi connectivity index (χ1) is 16.8. The van der Waals surface area contributed by atoms with E-state index < -0.39 is 29.6 Å². The van der Waals surface area contributed by atoms with Gasteiger partial charge in [0.2, 0.25) is 0 Å². The number of carbonyl (C=O) groups is 3. The Morgan fingerprint density at radius 2 is 1.89 bits per heavy atom. The fourth-order valence-electron chi connectivity index (χ4n) is 4.89. The van der Waals surface area contributed by atoms with Gasteiger partial charge in [-0.15, -0.1) is 0 Å². The SMILES string of the molecule is CCC12CCC(=O)C=C1c1c(ccc(Cl)c1Cl)C2OCC(=O)OC(C)C(=O)OCc1ccccc1. The standard InChI is InChI=1S/C27H26Cl2O6/c1-3-27-12-11-18(30)13-20(27)23-19(9-10-21(28)24(23)29)25(27)33-15-22(31)35-16(2)26(32)34-14-17-7-5-4-6-8-17/h4-10,13,16,25H,3,11-12,14-15H2,1-2H3. The van der Waals surface area contributed by atoms with Crippen LogP contribution in [0.5, 0.6) is 0 Å². The molecule has 0 aliphatic heterocycles. The van der Waals surface area contributed by atoms with Crippen molar-refractivity contribution in [2.75, 3.05) is 6.61 Å². The van der Waals surface area contributed by atoms with E-state index in [9.17, 15) is 14.4 Å². The molecular weight excluding hydrogens is 491 g/mol. The van der Waals surface area contributed by atoms with Crippen LogP contribution in [0.3, 0.4) is 0 Å². The molecule has 0 bridgehead atoms. The van der Waals surface area contributed by atoms with Crippen LogP contribution in [0.15, 0.2) is 48.5 Å². The van der Waals surface area contributed by atoms with Crippen LogP contribution in [0.2, 0.25) is 10.0 Å². The van der Waals surface area contributed by atoms with Crippen molar-refractivity contribution in [3.63, 3.8) is 0 Å². The lowest BCUT2D eigenvalue weighted by molar-refractivity contribution is -0.172. The van der Waals surface area contributed by atoms with E-state index in [-0.39, 0.29) is 19.0 Å². The van der Waals surface area contributed by atoms with Gasteiger partial charge in [-0.2, -0.15) is 0 Å². The Morgan fingerprint density at radius 1 is 1.14 bits per heavy atom. The van der Waals surface area contributed by atoms with E-state index in [1.807, 2.05) is 43.3 Å². The van der Waals surface area contributed by atoms with Crippen LogP contribution in [-0.4, -0.2) is 30.4 Å². The highest BCUT2D eigenvalue weighted by Crippen LogP contribution is 2.63. The normalized spacial score (nSPS) is 21.5. The third-order valence-corrected chi connectivity index (χ3v) is 7.51. The molecule has 35 heavy (non-hydrogen) atoms. The fourth-order valence-corrected chi connectivity index (χ4v) is 5.32. The molecule has 3 atom stereocenters. The molecular formula is C27H26Cl2O6. The molecule has 0 amide bonds. The summed E-state index contributed by atoms with van der Waals surface area (Å²) in [7, 11) is 0. The number of benzene rings is 2. The van der Waals surface area contributed by atoms with Gasteiger partial charge >= 0.3 is 11.9 Å². The molecule has 0 N–H and O–H groups in total. The van der Waals surface area contributed by atoms with Crippen LogP contribution in [-0.2, 0) is 35.2 Å². The van der Waals surface area contributed by atoms with Crippen molar-refractivity contribution in [3.05, 3.63) is 75.3 Å². The largest absolute Gasteiger partial charge is 0.458 e. The molecule has 0 aromatic heterocycles. The average Bonchev–Trinajstić information content (AvgIpc) is 3.13. The topological polar surface area (TPSA) is 78.9 Å². The lowest BCUT2D eigenvalue weighted by Crippen LogP contribution is -2.33. The molecule has 0 spiro atoms. The lowest BCUT2D eigenvalue weighted by Gasteiger charge is -2.38. The number of carbonyl (C=O) groups excluding carboxylic acids is 3. The smallest absolute Gasteiger partial charge is 0.347 e. The first-order valence-corrected chi connectivity index (χ1v) is 12.3. The zero-order valence-corrected chi connectivity index (χ0v) is 21.0. The van der Waals surface area contributed by atoms with E-state index in [0.29, 0.717) is 34.9 Å². The molecule has 8 heteroatoms. The van der Waals surface area contributed by atoms with Crippen molar-refractivity contribution in [2.45, 2.75) is 51.9 Å². The van der Waals surface area contributed by atoms with Crippen molar-refractivity contribution < 1.29 is 28.6 Å². The highest BCUT2D eigenvalue weighted by molar-refractivity contribution is 6.43. The lowest BCUT2D eigenvalue weighted by atomic mass is 9.69. The number of esters is 2. The first kappa shape index (κ1) is 25.4. The molecule has 6 nitrogen and oxygen atoms in total. The Labute approximate surface area is 214 Å². The zero-order valence-electron chi connectivity index (χ0n) is 19.5. The van der Waals surface area contributed by atoms with E-state index in [1.54, 1.807) is 12.1 Å². The molecule has 0 radical (unpaired) electrons. The van der Waals surface area contributed by atoms with Gasteiger partial charge in [-0.05, 0) is 48.6 Å². The van der Waals surface area contributed by atoms with Gasteiger partial charge in [-0.25, -0.2) is 9.59 Å². The van der Waals surface area contributed by atoms with E-state index >= 15 is 0 Å². The van der Waals surface area contributed by atoms with Crippen molar-refractivity contribution in [2.24, 2.45) is 5.41 Å². The van der Waals surface area contributed by atoms with Crippen molar-refractivity contribution in [3.8, 4) is 0 Å². The maximum atomic E-state index is 12.6. The van der Waals surface area contributed by atoms with Gasteiger partial charge in [0.25, 0.3) is 0 Å². The highest BCUT2D eigenvalue weighted by atomic mass is 35.5. The van der Waals surface area contributed by atoms with E-state index in [0.717, 1.165) is 16.7 Å². The summed E-state index contributed by atoms with van der Waals surface area (Å²) in [6.07, 6.45) is 1.66. The van der Waals surface area contributed by atoms with Gasteiger partial charge in [0.05, 0.1) is 16.1 Å². The molecule has 2 aromatic carbocycles. The summed E-state index contributed by atoms with van der Waals surface area (Å²) in [5.41, 5.74) is 2.61. The Hall–Kier alpha value is -2.67. The summed E-state index contributed by atoms with van der Waals surface area (Å²) in [5, 5.41) is 0.753. The van der Waals surface area contributed by atoms with E-state index in [2.05, 4.69) is 0 Å². The van der Waals surface area contributed by atoms with Gasteiger partial charge in [0, 0.05) is 17.4 Å². The number of ether oxygens (including phenoxy) is 3. The third kappa shape index (κ3) is 5.01. The highest BCUT2D eigenvalue weighted by Gasteiger charge is 2.52. The fraction of sp³-hybridized carbons (Fsp3) is 0.370. The number of hydrogen-bond acceptors (Lipinski definition) is 6. The van der Waals surface area contributed by atoms with Crippen LogP contribution in [0.25, 0.3) is 5.57 Å². The second-order valence-electron chi connectivity index (χ2n) is 8.78. The Kier molecular flexibility index (Phi) is 7.64. The van der Waals surface area contributed by atoms with Crippen molar-refractivity contribution in [1.82, 2.24) is 0 Å². The second-order valence-corrected chi connectivity index (χ2v) is 9.56. The van der Waals surface area contributed by atoms with Gasteiger partial charge < -0.3 is 14.2 Å². The van der Waals surface area contributed by atoms with Gasteiger partial charge in [0.15, 0.2) is 11.9 Å². The average molecular weight is 517 g/mol. The number of hydrogen-bond donors (Lipinski definition) is 0. The summed E-state index contributed by atoms with van der Waals surface area (Å²) < 4.78 is 16.6. The third-order valence-electron chi connectivity index (χ3n) is 6.70. The van der Waals surface area contributed by atoms with Crippen molar-refractivity contribution in [1.29, 1.82) is 0 Å².